The van der Waals surface area contributed by atoms with Crippen LogP contribution in [0.4, 0.5) is 0 Å². The molecule has 0 nitrogen and oxygen atoms in total. The summed E-state index contributed by atoms with van der Waals surface area (Å²) < 4.78 is 1.28. The van der Waals surface area contributed by atoms with E-state index in [0.717, 1.165) is 5.92 Å². The van der Waals surface area contributed by atoms with Crippen LogP contribution < -0.4 is 0 Å². The highest BCUT2D eigenvalue weighted by atomic mass is 127. The number of rotatable bonds is 2. The largest absolute Gasteiger partial charge is 0.0860 e. The summed E-state index contributed by atoms with van der Waals surface area (Å²) in [7, 11) is 0. The van der Waals surface area contributed by atoms with Crippen molar-refractivity contribution in [2.75, 3.05) is 4.43 Å². The van der Waals surface area contributed by atoms with Gasteiger partial charge in [0.2, 0.25) is 0 Å². The highest BCUT2D eigenvalue weighted by molar-refractivity contribution is 14.1. The summed E-state index contributed by atoms with van der Waals surface area (Å²) >= 11 is 2.54. The van der Waals surface area contributed by atoms with E-state index in [1.54, 1.807) is 5.57 Å². The molecule has 0 aromatic rings. The molecule has 0 saturated heterocycles. The van der Waals surface area contributed by atoms with Crippen LogP contribution in [0.1, 0.15) is 66.2 Å². The third-order valence-electron chi connectivity index (χ3n) is 5.59. The van der Waals surface area contributed by atoms with Gasteiger partial charge in [-0.2, -0.15) is 0 Å². The van der Waals surface area contributed by atoms with E-state index in [2.05, 4.69) is 50.3 Å². The van der Waals surface area contributed by atoms with Crippen LogP contribution in [0.2, 0.25) is 0 Å². The summed E-state index contributed by atoms with van der Waals surface area (Å²) in [5.74, 6) is 0.922. The van der Waals surface area contributed by atoms with Gasteiger partial charge in [-0.1, -0.05) is 60.9 Å². The van der Waals surface area contributed by atoms with Crippen molar-refractivity contribution in [3.05, 3.63) is 11.1 Å². The van der Waals surface area contributed by atoms with E-state index >= 15 is 0 Å². The number of hydrogen-bond donors (Lipinski definition) is 0. The number of hydrogen-bond acceptors (Lipinski definition) is 0. The van der Waals surface area contributed by atoms with Gasteiger partial charge >= 0.3 is 0 Å². The van der Waals surface area contributed by atoms with Crippen LogP contribution in [0.25, 0.3) is 0 Å². The van der Waals surface area contributed by atoms with Gasteiger partial charge in [-0.15, -0.1) is 0 Å². The molecule has 2 aliphatic rings. The molecule has 0 spiro atoms. The summed E-state index contributed by atoms with van der Waals surface area (Å²) in [5, 5.41) is 0. The molecular formula is C16H27I. The van der Waals surface area contributed by atoms with Crippen LogP contribution in [0, 0.1) is 16.7 Å². The van der Waals surface area contributed by atoms with Crippen molar-refractivity contribution in [2.45, 2.75) is 66.2 Å². The Morgan fingerprint density at radius 3 is 2.59 bits per heavy atom. The Labute approximate surface area is 121 Å². The molecule has 2 aliphatic carbocycles. The molecule has 0 N–H and O–H groups in total. The molecule has 0 heterocycles. The molecule has 0 aliphatic heterocycles. The van der Waals surface area contributed by atoms with E-state index in [9.17, 15) is 0 Å². The molecule has 2 atom stereocenters. The molecule has 1 heteroatoms. The van der Waals surface area contributed by atoms with Crippen LogP contribution in [-0.4, -0.2) is 4.43 Å². The highest BCUT2D eigenvalue weighted by Crippen LogP contribution is 2.60. The molecule has 0 aromatic carbocycles. The first-order chi connectivity index (χ1) is 7.92. The number of halogens is 1. The fourth-order valence-corrected chi connectivity index (χ4v) is 5.32. The highest BCUT2D eigenvalue weighted by Gasteiger charge is 2.49. The lowest BCUT2D eigenvalue weighted by Crippen LogP contribution is -2.45. The van der Waals surface area contributed by atoms with Crippen LogP contribution >= 0.6 is 22.6 Å². The van der Waals surface area contributed by atoms with Gasteiger partial charge in [0.1, 0.15) is 0 Å². The minimum absolute atomic E-state index is 0.523. The Hall–Kier alpha value is 0.470. The lowest BCUT2D eigenvalue weighted by atomic mass is 9.50. The van der Waals surface area contributed by atoms with Gasteiger partial charge < -0.3 is 0 Å². The molecule has 17 heavy (non-hydrogen) atoms. The Morgan fingerprint density at radius 2 is 1.94 bits per heavy atom. The van der Waals surface area contributed by atoms with E-state index in [1.165, 1.54) is 43.0 Å². The second-order valence-electron chi connectivity index (χ2n) is 7.05. The van der Waals surface area contributed by atoms with Crippen LogP contribution in [0.5, 0.6) is 0 Å². The Kier molecular flexibility index (Phi) is 3.97. The fourth-order valence-electron chi connectivity index (χ4n) is 4.79. The van der Waals surface area contributed by atoms with Crippen LogP contribution in [-0.2, 0) is 0 Å². The lowest BCUT2D eigenvalue weighted by Gasteiger charge is -2.55. The summed E-state index contributed by atoms with van der Waals surface area (Å²) in [5.41, 5.74) is 4.63. The standard InChI is InChI=1S/C16H27I/c1-12-6-7-14-15(2,3)9-5-10-16(14,4)13(12)8-11-17/h14H,5-11H2,1-4H3/t14-,16+/m0/s1. The van der Waals surface area contributed by atoms with E-state index in [0.29, 0.717) is 10.8 Å². The van der Waals surface area contributed by atoms with Crippen molar-refractivity contribution in [3.63, 3.8) is 0 Å². The van der Waals surface area contributed by atoms with Gasteiger partial charge in [-0.3, -0.25) is 0 Å². The summed E-state index contributed by atoms with van der Waals surface area (Å²) in [6.07, 6.45) is 8.41. The van der Waals surface area contributed by atoms with Gasteiger partial charge in [0.05, 0.1) is 0 Å². The quantitative estimate of drug-likeness (QED) is 0.339. The molecule has 0 radical (unpaired) electrons. The maximum atomic E-state index is 2.57. The van der Waals surface area contributed by atoms with Gasteiger partial charge in [-0.25, -0.2) is 0 Å². The first-order valence-corrected chi connectivity index (χ1v) is 8.69. The van der Waals surface area contributed by atoms with Crippen LogP contribution in [0.3, 0.4) is 0 Å². The summed E-state index contributed by atoms with van der Waals surface area (Å²) in [6, 6.07) is 0. The Bertz CT molecular complexity index is 326. The van der Waals surface area contributed by atoms with Crippen molar-refractivity contribution >= 4 is 22.6 Å². The zero-order valence-electron chi connectivity index (χ0n) is 11.9. The maximum Gasteiger partial charge on any atom is 0.00329 e. The van der Waals surface area contributed by atoms with Gasteiger partial charge in [0.25, 0.3) is 0 Å². The second kappa shape index (κ2) is 4.86. The third-order valence-corrected chi connectivity index (χ3v) is 6.13. The van der Waals surface area contributed by atoms with E-state index < -0.39 is 0 Å². The molecule has 0 aromatic heterocycles. The fraction of sp³-hybridized carbons (Fsp3) is 0.875. The Balaban J connectivity index is 2.39. The SMILES string of the molecule is CC1=C(CCI)[C@@]2(C)CCCC(C)(C)[C@@H]2CC1. The molecule has 1 fully saturated rings. The second-order valence-corrected chi connectivity index (χ2v) is 8.13. The van der Waals surface area contributed by atoms with Crippen LogP contribution in [0.15, 0.2) is 11.1 Å². The lowest BCUT2D eigenvalue weighted by molar-refractivity contribution is 0.0110. The summed E-state index contributed by atoms with van der Waals surface area (Å²) in [6.45, 7) is 9.99. The van der Waals surface area contributed by atoms with Crippen molar-refractivity contribution < 1.29 is 0 Å². The predicted molar refractivity (Wildman–Crippen MR) is 84.7 cm³/mol. The topological polar surface area (TPSA) is 0 Å². The molecular weight excluding hydrogens is 319 g/mol. The smallest absolute Gasteiger partial charge is 0.00329 e. The molecule has 0 bridgehead atoms. The predicted octanol–water partition coefficient (Wildman–Crippen LogP) is 5.75. The molecule has 0 amide bonds. The molecule has 0 unspecified atom stereocenters. The van der Waals surface area contributed by atoms with E-state index in [1.807, 2.05) is 5.57 Å². The normalized spacial score (nSPS) is 36.9. The summed E-state index contributed by atoms with van der Waals surface area (Å²) in [4.78, 5) is 0. The van der Waals surface area contributed by atoms with Crippen molar-refractivity contribution in [1.29, 1.82) is 0 Å². The van der Waals surface area contributed by atoms with Gasteiger partial charge in [0, 0.05) is 4.43 Å². The monoisotopic (exact) mass is 346 g/mol. The van der Waals surface area contributed by atoms with Crippen molar-refractivity contribution in [3.8, 4) is 0 Å². The Morgan fingerprint density at radius 1 is 1.24 bits per heavy atom. The zero-order chi connectivity index (χ0) is 12.7. The van der Waals surface area contributed by atoms with E-state index in [-0.39, 0.29) is 0 Å². The first kappa shape index (κ1) is 13.9. The first-order valence-electron chi connectivity index (χ1n) is 7.17. The molecule has 98 valence electrons. The molecule has 2 rings (SSSR count). The molecule has 1 saturated carbocycles. The minimum Gasteiger partial charge on any atom is -0.0860 e. The third kappa shape index (κ3) is 2.33. The van der Waals surface area contributed by atoms with Gasteiger partial charge in [0.15, 0.2) is 0 Å². The van der Waals surface area contributed by atoms with Gasteiger partial charge in [-0.05, 0) is 55.8 Å². The van der Waals surface area contributed by atoms with Crippen molar-refractivity contribution in [2.24, 2.45) is 16.7 Å². The number of allylic oxidation sites excluding steroid dienone is 2. The average molecular weight is 346 g/mol. The number of fused-ring (bicyclic) bond motifs is 1. The maximum absolute atomic E-state index is 2.57. The number of alkyl halides is 1. The zero-order valence-corrected chi connectivity index (χ0v) is 14.1. The minimum atomic E-state index is 0.523. The van der Waals surface area contributed by atoms with E-state index in [4.69, 9.17) is 0 Å². The average Bonchev–Trinajstić information content (AvgIpc) is 2.22. The van der Waals surface area contributed by atoms with Crippen molar-refractivity contribution in [1.82, 2.24) is 0 Å².